The highest BCUT2D eigenvalue weighted by Gasteiger charge is 2.52. The average Bonchev–Trinajstić information content (AvgIpc) is 2.41. The lowest BCUT2D eigenvalue weighted by molar-refractivity contribution is -0.144. The molecular formula is C19H30N2O6. The average molecular weight is 382 g/mol. The Labute approximate surface area is 160 Å². The molecule has 8 nitrogen and oxygen atoms in total. The van der Waals surface area contributed by atoms with Gasteiger partial charge in [-0.15, -0.1) is 0 Å². The molecule has 2 saturated heterocycles. The summed E-state index contributed by atoms with van der Waals surface area (Å²) in [5.41, 5.74) is -1.37. The van der Waals surface area contributed by atoms with Crippen LogP contribution in [-0.2, 0) is 19.1 Å². The van der Waals surface area contributed by atoms with Crippen LogP contribution in [0.5, 0.6) is 0 Å². The van der Waals surface area contributed by atoms with Crippen LogP contribution in [0.25, 0.3) is 0 Å². The number of carbonyl (C=O) groups is 4. The molecule has 0 aliphatic carbocycles. The van der Waals surface area contributed by atoms with Crippen molar-refractivity contribution in [2.24, 2.45) is 5.92 Å². The predicted molar refractivity (Wildman–Crippen MR) is 97.3 cm³/mol. The van der Waals surface area contributed by atoms with Gasteiger partial charge in [-0.25, -0.2) is 9.59 Å². The lowest BCUT2D eigenvalue weighted by Gasteiger charge is -2.51. The van der Waals surface area contributed by atoms with Gasteiger partial charge in [0.05, 0.1) is 18.0 Å². The van der Waals surface area contributed by atoms with Crippen molar-refractivity contribution in [2.75, 3.05) is 13.1 Å². The Morgan fingerprint density at radius 2 is 1.44 bits per heavy atom. The quantitative estimate of drug-likeness (QED) is 0.647. The number of ether oxygens (including phenoxy) is 2. The van der Waals surface area contributed by atoms with Crippen molar-refractivity contribution in [1.82, 2.24) is 9.80 Å². The molecular weight excluding hydrogens is 352 g/mol. The molecule has 0 saturated carbocycles. The summed E-state index contributed by atoms with van der Waals surface area (Å²) >= 11 is 0. The van der Waals surface area contributed by atoms with Gasteiger partial charge in [0.15, 0.2) is 0 Å². The van der Waals surface area contributed by atoms with Gasteiger partial charge in [-0.05, 0) is 48.5 Å². The van der Waals surface area contributed by atoms with Gasteiger partial charge in [-0.2, -0.15) is 0 Å². The highest BCUT2D eigenvalue weighted by molar-refractivity contribution is 6.04. The van der Waals surface area contributed by atoms with Crippen molar-refractivity contribution in [1.29, 1.82) is 0 Å². The molecule has 27 heavy (non-hydrogen) atoms. The summed E-state index contributed by atoms with van der Waals surface area (Å²) in [4.78, 5) is 52.8. The molecule has 0 aromatic rings. The Kier molecular flexibility index (Phi) is 5.59. The molecule has 2 aliphatic rings. The van der Waals surface area contributed by atoms with Gasteiger partial charge in [0.2, 0.25) is 0 Å². The van der Waals surface area contributed by atoms with E-state index in [-0.39, 0.29) is 31.1 Å². The normalized spacial score (nSPS) is 25.9. The predicted octanol–water partition coefficient (Wildman–Crippen LogP) is 2.39. The monoisotopic (exact) mass is 382 g/mol. The standard InChI is InChI=1S/C19H30N2O6/c1-11(22)15-13-10-20(16(24)26-18(2,3)4)9-12(8-14(15)23)21(13)17(25)27-19(5,6)7/h12-13,15H,8-10H2,1-7H3. The third-order valence-electron chi connectivity index (χ3n) is 4.45. The maximum Gasteiger partial charge on any atom is 0.410 e. The molecule has 0 spiro atoms. The molecule has 0 N–H and O–H groups in total. The molecule has 0 radical (unpaired) electrons. The number of Topliss-reactive ketones (excluding diaryl/α,β-unsaturated/α-hetero) is 2. The van der Waals surface area contributed by atoms with Crippen LogP contribution in [0.3, 0.4) is 0 Å². The fraction of sp³-hybridized carbons (Fsp3) is 0.789. The summed E-state index contributed by atoms with van der Waals surface area (Å²) < 4.78 is 10.9. The van der Waals surface area contributed by atoms with E-state index in [2.05, 4.69) is 0 Å². The minimum Gasteiger partial charge on any atom is -0.444 e. The van der Waals surface area contributed by atoms with Gasteiger partial charge in [0, 0.05) is 19.5 Å². The lowest BCUT2D eigenvalue weighted by atomic mass is 9.79. The first-order valence-corrected chi connectivity index (χ1v) is 9.22. The number of fused-ring (bicyclic) bond motifs is 2. The first-order valence-electron chi connectivity index (χ1n) is 9.22. The molecule has 8 heteroatoms. The molecule has 2 heterocycles. The number of hydrogen-bond acceptors (Lipinski definition) is 6. The Hall–Kier alpha value is -2.12. The zero-order chi connectivity index (χ0) is 20.7. The number of nitrogens with zero attached hydrogens (tertiary/aromatic N) is 2. The number of piperazine rings is 1. The van der Waals surface area contributed by atoms with Crippen molar-refractivity contribution in [2.45, 2.75) is 78.2 Å². The molecule has 2 rings (SSSR count). The third-order valence-corrected chi connectivity index (χ3v) is 4.45. The Bertz CT molecular complexity index is 646. The Morgan fingerprint density at radius 3 is 1.93 bits per heavy atom. The zero-order valence-corrected chi connectivity index (χ0v) is 17.2. The second kappa shape index (κ2) is 7.13. The lowest BCUT2D eigenvalue weighted by Crippen LogP contribution is -2.69. The summed E-state index contributed by atoms with van der Waals surface area (Å²) in [6, 6.07) is -1.28. The van der Waals surface area contributed by atoms with Crippen molar-refractivity contribution in [3.8, 4) is 0 Å². The first kappa shape index (κ1) is 21.2. The maximum absolute atomic E-state index is 12.8. The van der Waals surface area contributed by atoms with E-state index in [0.717, 1.165) is 0 Å². The second-order valence-corrected chi connectivity index (χ2v) is 9.25. The van der Waals surface area contributed by atoms with Crippen LogP contribution in [0, 0.1) is 5.92 Å². The van der Waals surface area contributed by atoms with Crippen molar-refractivity contribution >= 4 is 23.8 Å². The smallest absolute Gasteiger partial charge is 0.410 e. The zero-order valence-electron chi connectivity index (χ0n) is 17.2. The highest BCUT2D eigenvalue weighted by atomic mass is 16.6. The van der Waals surface area contributed by atoms with E-state index >= 15 is 0 Å². The number of rotatable bonds is 1. The van der Waals surface area contributed by atoms with E-state index in [0.29, 0.717) is 0 Å². The van der Waals surface area contributed by atoms with Crippen molar-refractivity contribution in [3.05, 3.63) is 0 Å². The van der Waals surface area contributed by atoms with Gasteiger partial charge < -0.3 is 14.4 Å². The number of likely N-dealkylation sites (tertiary alicyclic amines) is 1. The van der Waals surface area contributed by atoms with Crippen LogP contribution in [0.4, 0.5) is 9.59 Å². The minimum atomic E-state index is -0.959. The van der Waals surface area contributed by atoms with Crippen LogP contribution in [-0.4, -0.2) is 69.9 Å². The number of ketones is 2. The summed E-state index contributed by atoms with van der Waals surface area (Å²) in [7, 11) is 0. The summed E-state index contributed by atoms with van der Waals surface area (Å²) in [5.74, 6) is -1.47. The van der Waals surface area contributed by atoms with Crippen LogP contribution < -0.4 is 0 Å². The molecule has 152 valence electrons. The molecule has 0 aromatic carbocycles. The van der Waals surface area contributed by atoms with E-state index in [1.807, 2.05) is 0 Å². The number of piperidine rings is 1. The third kappa shape index (κ3) is 4.99. The number of amides is 2. The molecule has 2 fully saturated rings. The second-order valence-electron chi connectivity index (χ2n) is 9.25. The van der Waals surface area contributed by atoms with Crippen LogP contribution in [0.1, 0.15) is 54.9 Å². The summed E-state index contributed by atoms with van der Waals surface area (Å²) in [6.45, 7) is 12.1. The van der Waals surface area contributed by atoms with Crippen molar-refractivity contribution in [3.63, 3.8) is 0 Å². The molecule has 2 amide bonds. The van der Waals surface area contributed by atoms with E-state index in [9.17, 15) is 19.2 Å². The minimum absolute atomic E-state index is 0.0132. The van der Waals surface area contributed by atoms with Gasteiger partial charge in [-0.1, -0.05) is 0 Å². The first-order chi connectivity index (χ1) is 12.2. The van der Waals surface area contributed by atoms with Crippen LogP contribution >= 0.6 is 0 Å². The molecule has 3 unspecified atom stereocenters. The fourth-order valence-electron chi connectivity index (χ4n) is 3.58. The summed E-state index contributed by atoms with van der Waals surface area (Å²) in [5, 5.41) is 0. The largest absolute Gasteiger partial charge is 0.444 e. The summed E-state index contributed by atoms with van der Waals surface area (Å²) in [6.07, 6.45) is -1.07. The molecule has 2 aliphatic heterocycles. The molecule has 0 aromatic heterocycles. The van der Waals surface area contributed by atoms with E-state index in [4.69, 9.17) is 9.47 Å². The number of hydrogen-bond donors (Lipinski definition) is 0. The van der Waals surface area contributed by atoms with Gasteiger partial charge in [-0.3, -0.25) is 14.5 Å². The van der Waals surface area contributed by atoms with E-state index in [1.54, 1.807) is 41.5 Å². The van der Waals surface area contributed by atoms with E-state index < -0.39 is 41.4 Å². The van der Waals surface area contributed by atoms with E-state index in [1.165, 1.54) is 16.7 Å². The molecule has 3 atom stereocenters. The number of carbonyl (C=O) groups excluding carboxylic acids is 4. The SMILES string of the molecule is CC(=O)C1C(=O)CC2CN(C(=O)OC(C)(C)C)CC1N2C(=O)OC(C)(C)C. The maximum atomic E-state index is 12.8. The topological polar surface area (TPSA) is 93.2 Å². The Morgan fingerprint density at radius 1 is 0.926 bits per heavy atom. The fourth-order valence-corrected chi connectivity index (χ4v) is 3.58. The Balaban J connectivity index is 2.31. The molecule has 2 bridgehead atoms. The van der Waals surface area contributed by atoms with Crippen LogP contribution in [0.2, 0.25) is 0 Å². The highest BCUT2D eigenvalue weighted by Crippen LogP contribution is 2.33. The van der Waals surface area contributed by atoms with Crippen LogP contribution in [0.15, 0.2) is 0 Å². The van der Waals surface area contributed by atoms with Gasteiger partial charge in [0.1, 0.15) is 22.8 Å². The van der Waals surface area contributed by atoms with Gasteiger partial charge in [0.25, 0.3) is 0 Å². The van der Waals surface area contributed by atoms with Gasteiger partial charge >= 0.3 is 12.2 Å². The van der Waals surface area contributed by atoms with Crippen molar-refractivity contribution < 1.29 is 28.7 Å².